The van der Waals surface area contributed by atoms with E-state index in [9.17, 15) is 4.79 Å². The van der Waals surface area contributed by atoms with E-state index in [1.165, 1.54) is 6.08 Å². The van der Waals surface area contributed by atoms with Crippen molar-refractivity contribution in [3.05, 3.63) is 83.4 Å². The molecule has 1 amide bonds. The predicted octanol–water partition coefficient (Wildman–Crippen LogP) is 6.43. The highest BCUT2D eigenvalue weighted by Crippen LogP contribution is 2.37. The van der Waals surface area contributed by atoms with Gasteiger partial charge in [0.15, 0.2) is 11.5 Å². The molecule has 0 bridgehead atoms. The first-order valence-corrected chi connectivity index (χ1v) is 12.1. The number of amides is 1. The Morgan fingerprint density at radius 2 is 1.79 bits per heavy atom. The van der Waals surface area contributed by atoms with Gasteiger partial charge in [0.25, 0.3) is 0 Å². The maximum atomic E-state index is 12.3. The summed E-state index contributed by atoms with van der Waals surface area (Å²) in [6.07, 6.45) is 3.28. The van der Waals surface area contributed by atoms with Gasteiger partial charge in [-0.1, -0.05) is 48.0 Å². The topological polar surface area (TPSA) is 63.3 Å². The van der Waals surface area contributed by atoms with E-state index in [0.29, 0.717) is 23.1 Å². The first kappa shape index (κ1) is 23.8. The number of thioether (sulfide) groups is 1. The number of para-hydroxylation sites is 1. The number of halogens is 1. The zero-order valence-electron chi connectivity index (χ0n) is 18.9. The standard InChI is InChI=1S/C27H25ClN2O3S/c1-32-23-13-7-18(17-24(23)33-2)8-14-25(31)29-15-16-34-27-21-5-3-4-6-22(21)30-26(27)19-9-11-20(28)12-10-19/h3-14,17,30H,15-16H2,1-2H3,(H,29,31)/b14-8+. The molecule has 1 aromatic heterocycles. The Balaban J connectivity index is 1.39. The predicted molar refractivity (Wildman–Crippen MR) is 141 cm³/mol. The fourth-order valence-corrected chi connectivity index (χ4v) is 4.78. The van der Waals surface area contributed by atoms with Gasteiger partial charge in [-0.05, 0) is 47.5 Å². The van der Waals surface area contributed by atoms with Gasteiger partial charge in [0.1, 0.15) is 0 Å². The number of hydrogen-bond donors (Lipinski definition) is 2. The summed E-state index contributed by atoms with van der Waals surface area (Å²) >= 11 is 7.78. The summed E-state index contributed by atoms with van der Waals surface area (Å²) in [4.78, 5) is 17.0. The molecule has 7 heteroatoms. The maximum absolute atomic E-state index is 12.3. The number of methoxy groups -OCH3 is 2. The molecule has 0 unspecified atom stereocenters. The van der Waals surface area contributed by atoms with Crippen LogP contribution in [0.2, 0.25) is 5.02 Å². The highest BCUT2D eigenvalue weighted by atomic mass is 35.5. The van der Waals surface area contributed by atoms with Crippen molar-refractivity contribution in [3.8, 4) is 22.8 Å². The van der Waals surface area contributed by atoms with Crippen LogP contribution in [0.25, 0.3) is 28.2 Å². The van der Waals surface area contributed by atoms with Crippen LogP contribution in [0.3, 0.4) is 0 Å². The van der Waals surface area contributed by atoms with E-state index in [4.69, 9.17) is 21.1 Å². The number of aromatic amines is 1. The monoisotopic (exact) mass is 492 g/mol. The largest absolute Gasteiger partial charge is 0.493 e. The van der Waals surface area contributed by atoms with Crippen LogP contribution < -0.4 is 14.8 Å². The number of H-pyrrole nitrogens is 1. The Morgan fingerprint density at radius 3 is 2.56 bits per heavy atom. The normalized spacial score (nSPS) is 11.1. The SMILES string of the molecule is COc1ccc(/C=C/C(=O)NCCSc2c(-c3ccc(Cl)cc3)[nH]c3ccccc23)cc1OC. The van der Waals surface area contributed by atoms with Gasteiger partial charge in [-0.2, -0.15) is 0 Å². The van der Waals surface area contributed by atoms with Crippen LogP contribution in [0.15, 0.2) is 77.7 Å². The van der Waals surface area contributed by atoms with Crippen molar-refractivity contribution < 1.29 is 14.3 Å². The van der Waals surface area contributed by atoms with Crippen molar-refractivity contribution in [2.24, 2.45) is 0 Å². The van der Waals surface area contributed by atoms with Crippen LogP contribution in [0.1, 0.15) is 5.56 Å². The van der Waals surface area contributed by atoms with Crippen LogP contribution in [0.4, 0.5) is 0 Å². The highest BCUT2D eigenvalue weighted by Gasteiger charge is 2.13. The summed E-state index contributed by atoms with van der Waals surface area (Å²) in [5, 5.41) is 4.82. The van der Waals surface area contributed by atoms with E-state index in [0.717, 1.165) is 38.4 Å². The Kier molecular flexibility index (Phi) is 7.83. The van der Waals surface area contributed by atoms with E-state index in [-0.39, 0.29) is 5.91 Å². The van der Waals surface area contributed by atoms with Crippen molar-refractivity contribution >= 4 is 46.2 Å². The van der Waals surface area contributed by atoms with Crippen molar-refractivity contribution in [1.82, 2.24) is 10.3 Å². The minimum Gasteiger partial charge on any atom is -0.493 e. The first-order valence-electron chi connectivity index (χ1n) is 10.8. The summed E-state index contributed by atoms with van der Waals surface area (Å²) in [6.45, 7) is 0.541. The second-order valence-corrected chi connectivity index (χ2v) is 9.01. The van der Waals surface area contributed by atoms with E-state index in [1.807, 2.05) is 54.6 Å². The first-order chi connectivity index (χ1) is 16.6. The van der Waals surface area contributed by atoms with Crippen molar-refractivity contribution in [2.75, 3.05) is 26.5 Å². The number of ether oxygens (including phenoxy) is 2. The van der Waals surface area contributed by atoms with Gasteiger partial charge in [0, 0.05) is 39.2 Å². The van der Waals surface area contributed by atoms with Crippen molar-refractivity contribution in [1.29, 1.82) is 0 Å². The quantitative estimate of drug-likeness (QED) is 0.160. The highest BCUT2D eigenvalue weighted by molar-refractivity contribution is 7.99. The van der Waals surface area contributed by atoms with Crippen molar-refractivity contribution in [3.63, 3.8) is 0 Å². The second-order valence-electron chi connectivity index (χ2n) is 7.47. The lowest BCUT2D eigenvalue weighted by Gasteiger charge is -2.08. The van der Waals surface area contributed by atoms with E-state index in [1.54, 1.807) is 32.1 Å². The zero-order valence-corrected chi connectivity index (χ0v) is 20.5. The minimum absolute atomic E-state index is 0.146. The number of benzene rings is 3. The van der Waals surface area contributed by atoms with E-state index >= 15 is 0 Å². The molecule has 0 aliphatic carbocycles. The van der Waals surface area contributed by atoms with E-state index < -0.39 is 0 Å². The fraction of sp³-hybridized carbons (Fsp3) is 0.148. The number of carbonyl (C=O) groups is 1. The Hall–Kier alpha value is -3.35. The lowest BCUT2D eigenvalue weighted by molar-refractivity contribution is -0.116. The molecule has 4 rings (SSSR count). The molecule has 0 saturated carbocycles. The average Bonchev–Trinajstić information content (AvgIpc) is 3.24. The van der Waals surface area contributed by atoms with Gasteiger partial charge in [0.2, 0.25) is 5.91 Å². The lowest BCUT2D eigenvalue weighted by atomic mass is 10.1. The summed E-state index contributed by atoms with van der Waals surface area (Å²) in [6, 6.07) is 21.5. The van der Waals surface area contributed by atoms with Crippen molar-refractivity contribution in [2.45, 2.75) is 4.90 Å². The van der Waals surface area contributed by atoms with Crippen LogP contribution in [0, 0.1) is 0 Å². The molecule has 0 aliphatic heterocycles. The number of nitrogens with one attached hydrogen (secondary N) is 2. The molecule has 0 atom stereocenters. The molecule has 0 spiro atoms. The number of hydrogen-bond acceptors (Lipinski definition) is 4. The van der Waals surface area contributed by atoms with Gasteiger partial charge in [-0.3, -0.25) is 4.79 Å². The van der Waals surface area contributed by atoms with Gasteiger partial charge in [-0.15, -0.1) is 11.8 Å². The molecule has 174 valence electrons. The van der Waals surface area contributed by atoms with Gasteiger partial charge < -0.3 is 19.8 Å². The molecule has 5 nitrogen and oxygen atoms in total. The molecule has 0 radical (unpaired) electrons. The molecule has 4 aromatic rings. The van der Waals surface area contributed by atoms with E-state index in [2.05, 4.69) is 22.4 Å². The maximum Gasteiger partial charge on any atom is 0.244 e. The summed E-state index contributed by atoms with van der Waals surface area (Å²) in [7, 11) is 3.18. The van der Waals surface area contributed by atoms with Gasteiger partial charge in [0.05, 0.1) is 19.9 Å². The Labute approximate surface area is 208 Å². The Bertz CT molecular complexity index is 1320. The fourth-order valence-electron chi connectivity index (χ4n) is 3.60. The lowest BCUT2D eigenvalue weighted by Crippen LogP contribution is -2.23. The number of fused-ring (bicyclic) bond motifs is 1. The summed E-state index contributed by atoms with van der Waals surface area (Å²) < 4.78 is 10.5. The molecule has 34 heavy (non-hydrogen) atoms. The van der Waals surface area contributed by atoms with Crippen LogP contribution in [0.5, 0.6) is 11.5 Å². The smallest absolute Gasteiger partial charge is 0.244 e. The number of carbonyl (C=O) groups excluding carboxylic acids is 1. The van der Waals surface area contributed by atoms with Crippen LogP contribution in [-0.4, -0.2) is 37.4 Å². The molecular formula is C27H25ClN2O3S. The molecule has 2 N–H and O–H groups in total. The molecule has 3 aromatic carbocycles. The molecule has 0 aliphatic rings. The third-order valence-electron chi connectivity index (χ3n) is 5.27. The second kappa shape index (κ2) is 11.2. The van der Waals surface area contributed by atoms with Crippen LogP contribution >= 0.6 is 23.4 Å². The van der Waals surface area contributed by atoms with Gasteiger partial charge in [-0.25, -0.2) is 0 Å². The molecule has 0 fully saturated rings. The molecule has 0 saturated heterocycles. The zero-order chi connectivity index (χ0) is 23.9. The molecule has 1 heterocycles. The third-order valence-corrected chi connectivity index (χ3v) is 6.65. The number of rotatable bonds is 9. The average molecular weight is 493 g/mol. The summed E-state index contributed by atoms with van der Waals surface area (Å²) in [5.74, 6) is 1.86. The number of aromatic nitrogens is 1. The minimum atomic E-state index is -0.146. The van der Waals surface area contributed by atoms with Crippen LogP contribution in [-0.2, 0) is 4.79 Å². The third kappa shape index (κ3) is 5.58. The van der Waals surface area contributed by atoms with Gasteiger partial charge >= 0.3 is 0 Å². The Morgan fingerprint density at radius 1 is 1.03 bits per heavy atom. The molecular weight excluding hydrogens is 468 g/mol. The summed E-state index contributed by atoms with van der Waals surface area (Å²) in [5.41, 5.74) is 4.07.